The van der Waals surface area contributed by atoms with Gasteiger partial charge in [0, 0.05) is 23.7 Å². The van der Waals surface area contributed by atoms with Crippen molar-refractivity contribution in [2.75, 3.05) is 5.43 Å². The zero-order valence-corrected chi connectivity index (χ0v) is 12.2. The molecule has 4 nitrogen and oxygen atoms in total. The van der Waals surface area contributed by atoms with Crippen LogP contribution in [0.15, 0.2) is 18.2 Å². The van der Waals surface area contributed by atoms with Gasteiger partial charge >= 0.3 is 0 Å². The number of nitrogens with zero attached hydrogens (tertiary/aromatic N) is 2. The molecule has 0 aliphatic heterocycles. The molecule has 0 aliphatic carbocycles. The Morgan fingerprint density at radius 2 is 1.95 bits per heavy atom. The predicted molar refractivity (Wildman–Crippen MR) is 77.8 cm³/mol. The first-order valence-corrected chi connectivity index (χ1v) is 6.70. The highest BCUT2D eigenvalue weighted by Gasteiger charge is 2.15. The SMILES string of the molecule is Cc1nc(Cc2ccc(F)cc2F)nc(NN)c1C(C)C. The van der Waals surface area contributed by atoms with Crippen LogP contribution in [0.3, 0.4) is 0 Å². The van der Waals surface area contributed by atoms with Crippen molar-refractivity contribution in [2.45, 2.75) is 33.1 Å². The van der Waals surface area contributed by atoms with Crippen LogP contribution in [0.4, 0.5) is 14.6 Å². The van der Waals surface area contributed by atoms with Crippen molar-refractivity contribution in [2.24, 2.45) is 5.84 Å². The number of anilines is 1. The van der Waals surface area contributed by atoms with Gasteiger partial charge in [-0.2, -0.15) is 0 Å². The Morgan fingerprint density at radius 1 is 1.24 bits per heavy atom. The summed E-state index contributed by atoms with van der Waals surface area (Å²) < 4.78 is 26.6. The Morgan fingerprint density at radius 3 is 2.52 bits per heavy atom. The van der Waals surface area contributed by atoms with Crippen molar-refractivity contribution >= 4 is 5.82 Å². The molecule has 2 aromatic rings. The van der Waals surface area contributed by atoms with Gasteiger partial charge in [0.15, 0.2) is 0 Å². The molecule has 0 amide bonds. The van der Waals surface area contributed by atoms with Crippen LogP contribution >= 0.6 is 0 Å². The monoisotopic (exact) mass is 292 g/mol. The standard InChI is InChI=1S/C15H18F2N4/c1-8(2)14-9(3)19-13(20-15(14)21-18)6-10-4-5-11(16)7-12(10)17/h4-5,7-8H,6,18H2,1-3H3,(H,19,20,21). The van der Waals surface area contributed by atoms with Gasteiger partial charge < -0.3 is 5.43 Å². The molecule has 1 aromatic carbocycles. The summed E-state index contributed by atoms with van der Waals surface area (Å²) in [6, 6.07) is 3.47. The van der Waals surface area contributed by atoms with E-state index in [2.05, 4.69) is 15.4 Å². The van der Waals surface area contributed by atoms with Crippen LogP contribution in [0.2, 0.25) is 0 Å². The van der Waals surface area contributed by atoms with Crippen molar-refractivity contribution < 1.29 is 8.78 Å². The Balaban J connectivity index is 2.39. The number of halogens is 2. The molecule has 0 fully saturated rings. The molecule has 0 spiro atoms. The first kappa shape index (κ1) is 15.3. The Labute approximate surface area is 122 Å². The van der Waals surface area contributed by atoms with Gasteiger partial charge in [-0.05, 0) is 24.5 Å². The summed E-state index contributed by atoms with van der Waals surface area (Å²) in [6.07, 6.45) is 0.181. The van der Waals surface area contributed by atoms with E-state index in [-0.39, 0.29) is 12.3 Å². The normalized spacial score (nSPS) is 11.0. The number of hydrogen-bond donors (Lipinski definition) is 2. The van der Waals surface area contributed by atoms with E-state index in [1.54, 1.807) is 0 Å². The number of hydrazine groups is 1. The van der Waals surface area contributed by atoms with Crippen LogP contribution in [-0.2, 0) is 6.42 Å². The van der Waals surface area contributed by atoms with E-state index in [4.69, 9.17) is 5.84 Å². The van der Waals surface area contributed by atoms with Gasteiger partial charge in [0.2, 0.25) is 0 Å². The van der Waals surface area contributed by atoms with E-state index in [0.717, 1.165) is 17.3 Å². The lowest BCUT2D eigenvalue weighted by Crippen LogP contribution is -2.16. The van der Waals surface area contributed by atoms with Gasteiger partial charge in [0.05, 0.1) is 0 Å². The third-order valence-corrected chi connectivity index (χ3v) is 3.26. The van der Waals surface area contributed by atoms with Crippen molar-refractivity contribution in [3.05, 3.63) is 52.5 Å². The summed E-state index contributed by atoms with van der Waals surface area (Å²) in [6.45, 7) is 5.90. The number of nitrogens with one attached hydrogen (secondary N) is 1. The lowest BCUT2D eigenvalue weighted by atomic mass is 10.0. The van der Waals surface area contributed by atoms with Gasteiger partial charge in [-0.15, -0.1) is 0 Å². The number of hydrogen-bond acceptors (Lipinski definition) is 4. The molecule has 6 heteroatoms. The molecule has 0 radical (unpaired) electrons. The second-order valence-electron chi connectivity index (χ2n) is 5.20. The Kier molecular flexibility index (Phi) is 4.47. The second kappa shape index (κ2) is 6.13. The molecule has 1 aromatic heterocycles. The van der Waals surface area contributed by atoms with Crippen LogP contribution in [0.25, 0.3) is 0 Å². The van der Waals surface area contributed by atoms with E-state index in [1.807, 2.05) is 20.8 Å². The summed E-state index contributed by atoms with van der Waals surface area (Å²) in [7, 11) is 0. The van der Waals surface area contributed by atoms with Crippen molar-refractivity contribution in [3.63, 3.8) is 0 Å². The number of aryl methyl sites for hydroxylation is 1. The molecule has 112 valence electrons. The fourth-order valence-corrected chi connectivity index (χ4v) is 2.36. The van der Waals surface area contributed by atoms with Gasteiger partial charge in [-0.1, -0.05) is 19.9 Å². The van der Waals surface area contributed by atoms with Crippen LogP contribution in [0.1, 0.15) is 42.4 Å². The molecule has 0 atom stereocenters. The van der Waals surface area contributed by atoms with E-state index in [0.29, 0.717) is 17.2 Å². The number of aromatic nitrogens is 2. The molecule has 1 heterocycles. The van der Waals surface area contributed by atoms with E-state index < -0.39 is 11.6 Å². The summed E-state index contributed by atoms with van der Waals surface area (Å²) in [5.41, 5.74) is 4.63. The first-order valence-electron chi connectivity index (χ1n) is 6.70. The number of rotatable bonds is 4. The fourth-order valence-electron chi connectivity index (χ4n) is 2.36. The van der Waals surface area contributed by atoms with Crippen LogP contribution in [0.5, 0.6) is 0 Å². The van der Waals surface area contributed by atoms with Crippen LogP contribution in [-0.4, -0.2) is 9.97 Å². The third-order valence-electron chi connectivity index (χ3n) is 3.26. The van der Waals surface area contributed by atoms with Crippen molar-refractivity contribution in [1.82, 2.24) is 9.97 Å². The summed E-state index contributed by atoms with van der Waals surface area (Å²) >= 11 is 0. The van der Waals surface area contributed by atoms with Gasteiger partial charge in [0.25, 0.3) is 0 Å². The number of nitrogen functional groups attached to an aromatic ring is 1. The quantitative estimate of drug-likeness (QED) is 0.671. The van der Waals surface area contributed by atoms with Gasteiger partial charge in [0.1, 0.15) is 23.3 Å². The van der Waals surface area contributed by atoms with Crippen molar-refractivity contribution in [3.8, 4) is 0 Å². The molecular formula is C15H18F2N4. The third kappa shape index (κ3) is 3.33. The number of benzene rings is 1. The average Bonchev–Trinajstić information content (AvgIpc) is 2.40. The Hall–Kier alpha value is -2.08. The highest BCUT2D eigenvalue weighted by molar-refractivity contribution is 5.47. The minimum absolute atomic E-state index is 0.181. The highest BCUT2D eigenvalue weighted by atomic mass is 19.1. The van der Waals surface area contributed by atoms with Crippen molar-refractivity contribution in [1.29, 1.82) is 0 Å². The fraction of sp³-hybridized carbons (Fsp3) is 0.333. The first-order chi connectivity index (χ1) is 9.92. The highest BCUT2D eigenvalue weighted by Crippen LogP contribution is 2.25. The minimum Gasteiger partial charge on any atom is -0.308 e. The predicted octanol–water partition coefficient (Wildman–Crippen LogP) is 3.06. The smallest absolute Gasteiger partial charge is 0.147 e. The zero-order chi connectivity index (χ0) is 15.6. The topological polar surface area (TPSA) is 63.8 Å². The minimum atomic E-state index is -0.605. The molecule has 0 saturated heterocycles. The molecule has 3 N–H and O–H groups in total. The maximum absolute atomic E-state index is 13.7. The zero-order valence-electron chi connectivity index (χ0n) is 12.2. The maximum atomic E-state index is 13.7. The van der Waals surface area contributed by atoms with Crippen LogP contribution < -0.4 is 11.3 Å². The van der Waals surface area contributed by atoms with E-state index in [1.165, 1.54) is 12.1 Å². The second-order valence-corrected chi connectivity index (χ2v) is 5.20. The lowest BCUT2D eigenvalue weighted by molar-refractivity contribution is 0.573. The molecular weight excluding hydrogens is 274 g/mol. The maximum Gasteiger partial charge on any atom is 0.147 e. The summed E-state index contributed by atoms with van der Waals surface area (Å²) in [4.78, 5) is 8.72. The van der Waals surface area contributed by atoms with Gasteiger partial charge in [-0.3, -0.25) is 0 Å². The largest absolute Gasteiger partial charge is 0.308 e. The molecule has 0 unspecified atom stereocenters. The molecule has 2 rings (SSSR count). The lowest BCUT2D eigenvalue weighted by Gasteiger charge is -2.15. The summed E-state index contributed by atoms with van der Waals surface area (Å²) in [5.74, 6) is 5.49. The molecule has 0 saturated carbocycles. The molecule has 21 heavy (non-hydrogen) atoms. The van der Waals surface area contributed by atoms with Crippen LogP contribution in [0, 0.1) is 18.6 Å². The van der Waals surface area contributed by atoms with E-state index >= 15 is 0 Å². The molecule has 0 bridgehead atoms. The van der Waals surface area contributed by atoms with Gasteiger partial charge in [-0.25, -0.2) is 24.6 Å². The Bertz CT molecular complexity index is 656. The summed E-state index contributed by atoms with van der Waals surface area (Å²) in [5, 5.41) is 0. The average molecular weight is 292 g/mol. The number of nitrogens with two attached hydrogens (primary N) is 1. The molecule has 0 aliphatic rings. The van der Waals surface area contributed by atoms with E-state index in [9.17, 15) is 8.78 Å².